The molecule has 2 aliphatic rings. The van der Waals surface area contributed by atoms with E-state index in [2.05, 4.69) is 88.4 Å². The van der Waals surface area contributed by atoms with Gasteiger partial charge in [0.15, 0.2) is 0 Å². The van der Waals surface area contributed by atoms with Crippen molar-refractivity contribution in [2.75, 3.05) is 33.2 Å². The summed E-state index contributed by atoms with van der Waals surface area (Å²) in [4.78, 5) is 6.92. The van der Waals surface area contributed by atoms with Gasteiger partial charge in [0.25, 0.3) is 0 Å². The molecule has 0 radical (unpaired) electrons. The molecule has 1 N–H and O–H groups in total. The monoisotopic (exact) mass is 601 g/mol. The molecule has 6 heteroatoms. The molecule has 2 unspecified atom stereocenters. The second kappa shape index (κ2) is 14.0. The number of hydrogen-bond acceptors (Lipinski definition) is 5. The first-order chi connectivity index (χ1) is 20.7. The van der Waals surface area contributed by atoms with Gasteiger partial charge in [-0.25, -0.2) is 0 Å². The van der Waals surface area contributed by atoms with E-state index in [0.717, 1.165) is 29.7 Å². The standard InChI is InChI=1S/C37H52N3O2P/c1-24-18-31(19-25(2)36(24)41-7)43(32-20-26(3)37(42-8)27(4)21-32)34-15-11-14-33(34)35(28-12-9-10-13-28)39-23-29-22-30(40(5)6)16-17-38-29/h16-22,28,33-35,39H,9-15,23H2,1-8H3/t33?,34?,35-/m1/s1. The highest BCUT2D eigenvalue weighted by molar-refractivity contribution is 7.73. The lowest BCUT2D eigenvalue weighted by molar-refractivity contribution is 0.261. The van der Waals surface area contributed by atoms with Crippen LogP contribution in [-0.2, 0) is 6.54 Å². The summed E-state index contributed by atoms with van der Waals surface area (Å²) >= 11 is 0. The molecule has 2 saturated carbocycles. The smallest absolute Gasteiger partial charge is 0.124 e. The fraction of sp³-hybridized carbons (Fsp3) is 0.541. The van der Waals surface area contributed by atoms with Crippen LogP contribution in [0.5, 0.6) is 11.5 Å². The lowest BCUT2D eigenvalue weighted by Crippen LogP contribution is -2.45. The van der Waals surface area contributed by atoms with E-state index in [-0.39, 0.29) is 0 Å². The molecule has 2 fully saturated rings. The van der Waals surface area contributed by atoms with Gasteiger partial charge in [-0.2, -0.15) is 0 Å². The molecule has 1 aromatic heterocycles. The maximum atomic E-state index is 5.81. The molecule has 5 nitrogen and oxygen atoms in total. The Morgan fingerprint density at radius 2 is 1.37 bits per heavy atom. The third-order valence-corrected chi connectivity index (χ3v) is 12.9. The number of ether oxygens (including phenoxy) is 2. The number of aromatic nitrogens is 1. The van der Waals surface area contributed by atoms with E-state index in [1.807, 2.05) is 6.20 Å². The van der Waals surface area contributed by atoms with Crippen molar-refractivity contribution in [3.63, 3.8) is 0 Å². The van der Waals surface area contributed by atoms with E-state index >= 15 is 0 Å². The molecule has 0 aliphatic heterocycles. The van der Waals surface area contributed by atoms with E-state index in [4.69, 9.17) is 14.5 Å². The van der Waals surface area contributed by atoms with Crippen LogP contribution in [0.25, 0.3) is 0 Å². The third-order valence-electron chi connectivity index (χ3n) is 9.92. The summed E-state index contributed by atoms with van der Waals surface area (Å²) in [6, 6.07) is 14.5. The molecule has 0 amide bonds. The van der Waals surface area contributed by atoms with Gasteiger partial charge in [-0.05, 0) is 148 Å². The Kier molecular flexibility index (Phi) is 10.3. The van der Waals surface area contributed by atoms with E-state index < -0.39 is 7.92 Å². The zero-order valence-corrected chi connectivity index (χ0v) is 28.6. The molecule has 0 spiro atoms. The number of methoxy groups -OCH3 is 2. The van der Waals surface area contributed by atoms with Gasteiger partial charge in [0.2, 0.25) is 0 Å². The van der Waals surface area contributed by atoms with Crippen LogP contribution in [0.3, 0.4) is 0 Å². The van der Waals surface area contributed by atoms with Gasteiger partial charge in [0.1, 0.15) is 11.5 Å². The highest BCUT2D eigenvalue weighted by Gasteiger charge is 2.43. The number of pyridine rings is 1. The first-order valence-corrected chi connectivity index (χ1v) is 17.6. The van der Waals surface area contributed by atoms with Crippen molar-refractivity contribution in [3.05, 3.63) is 70.5 Å². The number of aryl methyl sites for hydroxylation is 4. The molecule has 5 rings (SSSR count). The Labute approximate surface area is 261 Å². The second-order valence-corrected chi connectivity index (χ2v) is 15.5. The van der Waals surface area contributed by atoms with Crippen LogP contribution in [0.4, 0.5) is 5.69 Å². The molecule has 0 saturated heterocycles. The quantitative estimate of drug-likeness (QED) is 0.233. The topological polar surface area (TPSA) is 46.6 Å². The van der Waals surface area contributed by atoms with Crippen LogP contribution in [0.2, 0.25) is 0 Å². The summed E-state index contributed by atoms with van der Waals surface area (Å²) in [5, 5.41) is 7.11. The Morgan fingerprint density at radius 1 is 0.814 bits per heavy atom. The van der Waals surface area contributed by atoms with Crippen LogP contribution in [0, 0.1) is 39.5 Å². The maximum Gasteiger partial charge on any atom is 0.124 e. The fourth-order valence-corrected chi connectivity index (χ4v) is 11.6. The van der Waals surface area contributed by atoms with Gasteiger partial charge in [0.05, 0.1) is 19.9 Å². The largest absolute Gasteiger partial charge is 0.496 e. The number of hydrogen-bond donors (Lipinski definition) is 1. The van der Waals surface area contributed by atoms with Gasteiger partial charge in [-0.3, -0.25) is 4.98 Å². The summed E-state index contributed by atoms with van der Waals surface area (Å²) in [5.74, 6) is 3.40. The third kappa shape index (κ3) is 6.89. The number of nitrogens with one attached hydrogen (secondary N) is 1. The van der Waals surface area contributed by atoms with Gasteiger partial charge < -0.3 is 19.7 Å². The minimum Gasteiger partial charge on any atom is -0.496 e. The van der Waals surface area contributed by atoms with Crippen molar-refractivity contribution in [1.29, 1.82) is 0 Å². The summed E-state index contributed by atoms with van der Waals surface area (Å²) in [7, 11) is 7.20. The average molecular weight is 602 g/mol. The first-order valence-electron chi connectivity index (χ1n) is 16.2. The minimum atomic E-state index is -0.590. The number of benzene rings is 2. The molecule has 3 aromatic rings. The minimum absolute atomic E-state index is 0.505. The fourth-order valence-electron chi connectivity index (χ4n) is 8.06. The molecule has 43 heavy (non-hydrogen) atoms. The molecule has 232 valence electrons. The summed E-state index contributed by atoms with van der Waals surface area (Å²) in [6.07, 6.45) is 11.2. The van der Waals surface area contributed by atoms with Crippen molar-refractivity contribution in [3.8, 4) is 11.5 Å². The van der Waals surface area contributed by atoms with Crippen molar-refractivity contribution in [2.24, 2.45) is 11.8 Å². The predicted molar refractivity (Wildman–Crippen MR) is 183 cm³/mol. The zero-order valence-electron chi connectivity index (χ0n) is 27.7. The van der Waals surface area contributed by atoms with Gasteiger partial charge in [-0.15, -0.1) is 0 Å². The molecular weight excluding hydrogens is 549 g/mol. The average Bonchev–Trinajstić information content (AvgIpc) is 3.67. The van der Waals surface area contributed by atoms with Gasteiger partial charge in [0, 0.05) is 38.6 Å². The Hall–Kier alpha value is -2.62. The molecule has 3 atom stereocenters. The van der Waals surface area contributed by atoms with Crippen LogP contribution >= 0.6 is 7.92 Å². The second-order valence-electron chi connectivity index (χ2n) is 13.1. The number of nitrogens with zero attached hydrogens (tertiary/aromatic N) is 2. The molecule has 2 aromatic carbocycles. The first kappa shape index (κ1) is 31.8. The Balaban J connectivity index is 1.55. The lowest BCUT2D eigenvalue weighted by atomic mass is 9.85. The molecular formula is C37H52N3O2P. The Bertz CT molecular complexity index is 1290. The number of anilines is 1. The SMILES string of the molecule is COc1c(C)cc(P(c2cc(C)c(OC)c(C)c2)C2CCCC2[C@H](NCc2cc(N(C)C)ccn2)C2CCCC2)cc1C. The molecule has 1 heterocycles. The highest BCUT2D eigenvalue weighted by Crippen LogP contribution is 2.53. The molecule has 0 bridgehead atoms. The van der Waals surface area contributed by atoms with Crippen molar-refractivity contribution < 1.29 is 9.47 Å². The zero-order chi connectivity index (χ0) is 30.7. The van der Waals surface area contributed by atoms with Crippen LogP contribution < -0.4 is 30.3 Å². The van der Waals surface area contributed by atoms with Crippen molar-refractivity contribution in [2.45, 2.75) is 90.9 Å². The Morgan fingerprint density at radius 3 is 1.88 bits per heavy atom. The van der Waals surface area contributed by atoms with Gasteiger partial charge in [-0.1, -0.05) is 19.3 Å². The number of rotatable bonds is 11. The van der Waals surface area contributed by atoms with E-state index in [1.54, 1.807) is 14.2 Å². The molecule has 2 aliphatic carbocycles. The summed E-state index contributed by atoms with van der Waals surface area (Å²) in [6.45, 7) is 9.65. The van der Waals surface area contributed by atoms with E-state index in [1.165, 1.54) is 83.5 Å². The van der Waals surface area contributed by atoms with E-state index in [0.29, 0.717) is 17.6 Å². The van der Waals surface area contributed by atoms with E-state index in [9.17, 15) is 0 Å². The lowest BCUT2D eigenvalue weighted by Gasteiger charge is -2.38. The highest BCUT2D eigenvalue weighted by atomic mass is 31.1. The summed E-state index contributed by atoms with van der Waals surface area (Å²) in [5.41, 5.74) is 7.90. The predicted octanol–water partition coefficient (Wildman–Crippen LogP) is 7.35. The normalized spacial score (nSPS) is 19.7. The maximum absolute atomic E-state index is 5.81. The van der Waals surface area contributed by atoms with Crippen molar-refractivity contribution in [1.82, 2.24) is 10.3 Å². The summed E-state index contributed by atoms with van der Waals surface area (Å²) < 4.78 is 11.6. The van der Waals surface area contributed by atoms with Crippen LogP contribution in [-0.4, -0.2) is 45.0 Å². The van der Waals surface area contributed by atoms with Crippen molar-refractivity contribution >= 4 is 24.2 Å². The van der Waals surface area contributed by atoms with Gasteiger partial charge >= 0.3 is 0 Å². The van der Waals surface area contributed by atoms with Crippen LogP contribution in [0.15, 0.2) is 42.6 Å². The van der Waals surface area contributed by atoms with Crippen LogP contribution in [0.1, 0.15) is 72.9 Å².